The predicted octanol–water partition coefficient (Wildman–Crippen LogP) is 1.59. The Morgan fingerprint density at radius 2 is 1.92 bits per heavy atom. The fraction of sp³-hybridized carbons (Fsp3) is 0.579. The molecule has 5 heteroatoms. The van der Waals surface area contributed by atoms with Crippen LogP contribution < -0.4 is 5.73 Å². The molecule has 3 rings (SSSR count). The van der Waals surface area contributed by atoms with E-state index >= 15 is 0 Å². The number of amides is 2. The summed E-state index contributed by atoms with van der Waals surface area (Å²) in [5, 5.41) is 0. The molecular weight excluding hydrogens is 302 g/mol. The van der Waals surface area contributed by atoms with Gasteiger partial charge in [-0.1, -0.05) is 30.3 Å². The molecule has 1 aromatic carbocycles. The van der Waals surface area contributed by atoms with Gasteiger partial charge in [0, 0.05) is 13.1 Å². The third kappa shape index (κ3) is 3.46. The third-order valence-electron chi connectivity index (χ3n) is 5.65. The van der Waals surface area contributed by atoms with Crippen LogP contribution in [0.3, 0.4) is 0 Å². The Kier molecular flexibility index (Phi) is 4.90. The molecule has 2 heterocycles. The van der Waals surface area contributed by atoms with Gasteiger partial charge in [-0.05, 0) is 50.3 Å². The minimum Gasteiger partial charge on any atom is -0.369 e. The lowest BCUT2D eigenvalue weighted by Gasteiger charge is -2.49. The van der Waals surface area contributed by atoms with Gasteiger partial charge >= 0.3 is 0 Å². The Morgan fingerprint density at radius 1 is 1.25 bits per heavy atom. The minimum atomic E-state index is -0.262. The van der Waals surface area contributed by atoms with Crippen LogP contribution in [0.2, 0.25) is 0 Å². The van der Waals surface area contributed by atoms with Gasteiger partial charge in [-0.15, -0.1) is 0 Å². The first-order valence-corrected chi connectivity index (χ1v) is 8.87. The molecule has 2 N–H and O–H groups in total. The number of benzene rings is 1. The summed E-state index contributed by atoms with van der Waals surface area (Å²) in [5.41, 5.74) is 6.61. The average molecular weight is 329 g/mol. The highest BCUT2D eigenvalue weighted by Gasteiger charge is 2.45. The second-order valence-electron chi connectivity index (χ2n) is 7.26. The highest BCUT2D eigenvalue weighted by molar-refractivity contribution is 5.84. The molecule has 2 aliphatic rings. The van der Waals surface area contributed by atoms with E-state index in [9.17, 15) is 9.59 Å². The highest BCUT2D eigenvalue weighted by Crippen LogP contribution is 2.45. The monoisotopic (exact) mass is 329 g/mol. The van der Waals surface area contributed by atoms with Crippen LogP contribution in [0.15, 0.2) is 30.3 Å². The van der Waals surface area contributed by atoms with E-state index in [2.05, 4.69) is 24.0 Å². The van der Waals surface area contributed by atoms with Crippen LogP contribution in [-0.2, 0) is 9.59 Å². The summed E-state index contributed by atoms with van der Waals surface area (Å²) in [6, 6.07) is 10.1. The number of carbonyl (C=O) groups excluding carboxylic acids is 2. The molecule has 0 aromatic heterocycles. The number of likely N-dealkylation sites (N-methyl/N-ethyl adjacent to an activating group) is 1. The molecule has 2 aliphatic heterocycles. The zero-order valence-corrected chi connectivity index (χ0v) is 14.4. The molecule has 0 bridgehead atoms. The lowest BCUT2D eigenvalue weighted by atomic mass is 9.67. The molecule has 2 saturated heterocycles. The van der Waals surface area contributed by atoms with Gasteiger partial charge in [0.2, 0.25) is 11.8 Å². The number of hydrogen-bond acceptors (Lipinski definition) is 3. The number of nitrogens with zero attached hydrogens (tertiary/aromatic N) is 2. The smallest absolute Gasteiger partial charge is 0.231 e. The van der Waals surface area contributed by atoms with E-state index in [0.29, 0.717) is 6.54 Å². The third-order valence-corrected chi connectivity index (χ3v) is 5.65. The van der Waals surface area contributed by atoms with Crippen molar-refractivity contribution in [3.8, 4) is 0 Å². The van der Waals surface area contributed by atoms with Gasteiger partial charge in [0.05, 0.1) is 12.5 Å². The van der Waals surface area contributed by atoms with Gasteiger partial charge in [-0.25, -0.2) is 0 Å². The average Bonchev–Trinajstić information content (AvgIpc) is 2.59. The van der Waals surface area contributed by atoms with Crippen LogP contribution in [0.1, 0.15) is 37.7 Å². The zero-order valence-electron chi connectivity index (χ0n) is 14.4. The zero-order chi connectivity index (χ0) is 17.2. The Balaban J connectivity index is 1.77. The number of rotatable bonds is 4. The van der Waals surface area contributed by atoms with Gasteiger partial charge in [-0.2, -0.15) is 0 Å². The Hall–Kier alpha value is -1.88. The molecule has 0 aliphatic carbocycles. The number of carbonyl (C=O) groups is 2. The number of hydrogen-bond donors (Lipinski definition) is 1. The molecule has 0 radical (unpaired) electrons. The first kappa shape index (κ1) is 17.0. The molecular formula is C19H27N3O2. The molecule has 1 spiro atoms. The van der Waals surface area contributed by atoms with Crippen LogP contribution >= 0.6 is 0 Å². The molecule has 24 heavy (non-hydrogen) atoms. The largest absolute Gasteiger partial charge is 0.369 e. The summed E-state index contributed by atoms with van der Waals surface area (Å²) in [7, 11) is 0. The summed E-state index contributed by atoms with van der Waals surface area (Å²) >= 11 is 0. The summed E-state index contributed by atoms with van der Waals surface area (Å²) in [6.45, 7) is 5.77. The fourth-order valence-corrected chi connectivity index (χ4v) is 4.27. The molecule has 1 aromatic rings. The topological polar surface area (TPSA) is 66.6 Å². The van der Waals surface area contributed by atoms with Crippen molar-refractivity contribution in [2.75, 3.05) is 32.7 Å². The van der Waals surface area contributed by atoms with Crippen molar-refractivity contribution in [3.63, 3.8) is 0 Å². The van der Waals surface area contributed by atoms with E-state index in [1.165, 1.54) is 0 Å². The maximum absolute atomic E-state index is 12.8. The van der Waals surface area contributed by atoms with Crippen LogP contribution in [0.4, 0.5) is 0 Å². The predicted molar refractivity (Wildman–Crippen MR) is 93.4 cm³/mol. The van der Waals surface area contributed by atoms with Crippen molar-refractivity contribution >= 4 is 11.8 Å². The molecule has 0 unspecified atom stereocenters. The maximum atomic E-state index is 12.8. The first-order chi connectivity index (χ1) is 11.5. The van der Waals surface area contributed by atoms with E-state index in [1.807, 2.05) is 23.1 Å². The van der Waals surface area contributed by atoms with Crippen LogP contribution in [0.25, 0.3) is 0 Å². The summed E-state index contributed by atoms with van der Waals surface area (Å²) in [4.78, 5) is 28.1. The molecule has 1 atom stereocenters. The van der Waals surface area contributed by atoms with Crippen molar-refractivity contribution < 1.29 is 9.59 Å². The number of primary amides is 1. The van der Waals surface area contributed by atoms with Crippen molar-refractivity contribution in [1.82, 2.24) is 9.80 Å². The molecule has 5 nitrogen and oxygen atoms in total. The van der Waals surface area contributed by atoms with Crippen molar-refractivity contribution in [2.45, 2.75) is 32.1 Å². The molecule has 130 valence electrons. The quantitative estimate of drug-likeness (QED) is 0.912. The van der Waals surface area contributed by atoms with Crippen molar-refractivity contribution in [2.24, 2.45) is 11.1 Å². The van der Waals surface area contributed by atoms with Crippen molar-refractivity contribution in [3.05, 3.63) is 35.9 Å². The van der Waals surface area contributed by atoms with Gasteiger partial charge in [0.1, 0.15) is 0 Å². The van der Waals surface area contributed by atoms with E-state index in [-0.39, 0.29) is 23.1 Å². The number of nitrogens with two attached hydrogens (primary N) is 1. The number of likely N-dealkylation sites (tertiary alicyclic amines) is 2. The summed E-state index contributed by atoms with van der Waals surface area (Å²) in [5.74, 6) is -0.0430. The molecule has 2 amide bonds. The Bertz CT molecular complexity index is 594. The molecule has 0 saturated carbocycles. The number of piperidine rings is 2. The van der Waals surface area contributed by atoms with Crippen LogP contribution in [0.5, 0.6) is 0 Å². The van der Waals surface area contributed by atoms with Crippen LogP contribution in [0, 0.1) is 5.41 Å². The summed E-state index contributed by atoms with van der Waals surface area (Å²) < 4.78 is 0. The van der Waals surface area contributed by atoms with E-state index in [1.54, 1.807) is 0 Å². The second-order valence-corrected chi connectivity index (χ2v) is 7.26. The summed E-state index contributed by atoms with van der Waals surface area (Å²) in [6.07, 6.45) is 2.96. The van der Waals surface area contributed by atoms with E-state index in [0.717, 1.165) is 51.0 Å². The minimum absolute atomic E-state index is 0.0393. The maximum Gasteiger partial charge on any atom is 0.231 e. The van der Waals surface area contributed by atoms with Crippen molar-refractivity contribution in [1.29, 1.82) is 0 Å². The van der Waals surface area contributed by atoms with Gasteiger partial charge in [0.15, 0.2) is 0 Å². The Labute approximate surface area is 143 Å². The second kappa shape index (κ2) is 6.93. The Morgan fingerprint density at radius 3 is 2.50 bits per heavy atom. The molecule has 2 fully saturated rings. The highest BCUT2D eigenvalue weighted by atomic mass is 16.2. The van der Waals surface area contributed by atoms with E-state index in [4.69, 9.17) is 5.73 Å². The standard InChI is InChI=1S/C19H27N3O2/c1-2-22-14-19(8-10-21(11-9-19)13-17(20)23)12-16(18(22)24)15-6-4-3-5-7-15/h3-7,16H,2,8-14H2,1H3,(H2,20,23)/t16-/m0/s1. The lowest BCUT2D eigenvalue weighted by molar-refractivity contribution is -0.141. The van der Waals surface area contributed by atoms with Gasteiger partial charge in [0.25, 0.3) is 0 Å². The normalized spacial score (nSPS) is 24.3. The van der Waals surface area contributed by atoms with Gasteiger partial charge in [-0.3, -0.25) is 14.5 Å². The van der Waals surface area contributed by atoms with Crippen LogP contribution in [-0.4, -0.2) is 54.3 Å². The first-order valence-electron chi connectivity index (χ1n) is 8.87. The lowest BCUT2D eigenvalue weighted by Crippen LogP contribution is -2.54. The SMILES string of the molecule is CCN1CC2(CCN(CC(N)=O)CC2)C[C@@H](c2ccccc2)C1=O. The van der Waals surface area contributed by atoms with E-state index < -0.39 is 0 Å². The fourth-order valence-electron chi connectivity index (χ4n) is 4.27. The van der Waals surface area contributed by atoms with Gasteiger partial charge < -0.3 is 10.6 Å².